The summed E-state index contributed by atoms with van der Waals surface area (Å²) in [4.78, 5) is 4.22. The normalized spacial score (nSPS) is 11.5. The van der Waals surface area contributed by atoms with E-state index >= 15 is 0 Å². The predicted molar refractivity (Wildman–Crippen MR) is 87.5 cm³/mol. The third kappa shape index (κ3) is 4.44. The van der Waals surface area contributed by atoms with Crippen LogP contribution < -0.4 is 11.1 Å². The van der Waals surface area contributed by atoms with E-state index in [1.165, 1.54) is 12.1 Å². The molecule has 2 rings (SSSR count). The first-order valence-corrected chi connectivity index (χ1v) is 7.05. The predicted octanol–water partition coefficient (Wildman–Crippen LogP) is 3.55. The third-order valence-electron chi connectivity index (χ3n) is 3.00. The fraction of sp³-hybridized carbons (Fsp3) is 0.188. The number of hydrogen-bond acceptors (Lipinski definition) is 2. The molecule has 0 atom stereocenters. The second-order valence-electron chi connectivity index (χ2n) is 4.67. The summed E-state index contributed by atoms with van der Waals surface area (Å²) in [6.07, 6.45) is 0. The maximum Gasteiger partial charge on any atom is 0.193 e. The van der Waals surface area contributed by atoms with E-state index in [-0.39, 0.29) is 11.0 Å². The molecule has 0 fully saturated rings. The van der Waals surface area contributed by atoms with Gasteiger partial charge in [0.15, 0.2) is 5.96 Å². The van der Waals surface area contributed by atoms with Crippen LogP contribution in [0.2, 0.25) is 5.02 Å². The van der Waals surface area contributed by atoms with Crippen LogP contribution in [0.5, 0.6) is 0 Å². The Hall–Kier alpha value is -2.11. The Morgan fingerprint density at radius 3 is 2.82 bits per heavy atom. The van der Waals surface area contributed by atoms with E-state index in [4.69, 9.17) is 22.1 Å². The zero-order valence-corrected chi connectivity index (χ0v) is 12.9. The Balaban J connectivity index is 2.05. The summed E-state index contributed by atoms with van der Waals surface area (Å²) < 4.78 is 18.2. The molecule has 3 N–H and O–H groups in total. The molecule has 0 radical (unpaired) electrons. The van der Waals surface area contributed by atoms with E-state index in [9.17, 15) is 4.39 Å². The number of halogens is 2. The minimum Gasteiger partial charge on any atom is -0.380 e. The number of aliphatic imine (C=N–C) groups is 1. The lowest BCUT2D eigenvalue weighted by Crippen LogP contribution is -2.23. The average molecular weight is 322 g/mol. The van der Waals surface area contributed by atoms with Crippen molar-refractivity contribution in [2.45, 2.75) is 13.2 Å². The smallest absolute Gasteiger partial charge is 0.193 e. The summed E-state index contributed by atoms with van der Waals surface area (Å²) in [7, 11) is 1.63. The van der Waals surface area contributed by atoms with Crippen LogP contribution in [0, 0.1) is 5.82 Å². The summed E-state index contributed by atoms with van der Waals surface area (Å²) in [5, 5.41) is 3.11. The number of anilines is 1. The third-order valence-corrected chi connectivity index (χ3v) is 3.29. The molecule has 2 aromatic rings. The molecule has 6 heteroatoms. The summed E-state index contributed by atoms with van der Waals surface area (Å²) in [5.41, 5.74) is 8.47. The van der Waals surface area contributed by atoms with E-state index in [1.807, 2.05) is 24.3 Å². The highest BCUT2D eigenvalue weighted by molar-refractivity contribution is 6.30. The maximum atomic E-state index is 13.1. The number of para-hydroxylation sites is 1. The highest BCUT2D eigenvalue weighted by Gasteiger charge is 2.03. The fourth-order valence-corrected chi connectivity index (χ4v) is 2.12. The zero-order valence-electron chi connectivity index (χ0n) is 12.1. The van der Waals surface area contributed by atoms with Gasteiger partial charge in [-0.2, -0.15) is 0 Å². The van der Waals surface area contributed by atoms with Crippen LogP contribution >= 0.6 is 11.6 Å². The van der Waals surface area contributed by atoms with Gasteiger partial charge in [-0.25, -0.2) is 9.38 Å². The number of methoxy groups -OCH3 is 1. The lowest BCUT2D eigenvalue weighted by atomic mass is 10.2. The lowest BCUT2D eigenvalue weighted by Gasteiger charge is -2.10. The SMILES string of the molecule is COCc1ccccc1NC(N)=NCc1ccc(F)c(Cl)c1. The number of ether oxygens (including phenoxy) is 1. The molecule has 0 amide bonds. The van der Waals surface area contributed by atoms with E-state index in [0.29, 0.717) is 13.2 Å². The van der Waals surface area contributed by atoms with Crippen molar-refractivity contribution in [3.05, 3.63) is 64.4 Å². The molecule has 0 saturated heterocycles. The van der Waals surface area contributed by atoms with Gasteiger partial charge in [-0.1, -0.05) is 35.9 Å². The summed E-state index contributed by atoms with van der Waals surface area (Å²) >= 11 is 5.73. The van der Waals surface area contributed by atoms with Crippen molar-refractivity contribution in [3.63, 3.8) is 0 Å². The molecule has 0 unspecified atom stereocenters. The number of nitrogens with one attached hydrogen (secondary N) is 1. The quantitative estimate of drug-likeness (QED) is 0.654. The molecule has 2 aromatic carbocycles. The average Bonchev–Trinajstić information content (AvgIpc) is 2.51. The first kappa shape index (κ1) is 16.3. The van der Waals surface area contributed by atoms with E-state index < -0.39 is 5.82 Å². The van der Waals surface area contributed by atoms with Crippen molar-refractivity contribution in [2.75, 3.05) is 12.4 Å². The molecule has 4 nitrogen and oxygen atoms in total. The largest absolute Gasteiger partial charge is 0.380 e. The van der Waals surface area contributed by atoms with Gasteiger partial charge in [-0.3, -0.25) is 0 Å². The van der Waals surface area contributed by atoms with Crippen LogP contribution in [-0.2, 0) is 17.9 Å². The Morgan fingerprint density at radius 2 is 2.09 bits per heavy atom. The van der Waals surface area contributed by atoms with Crippen molar-refractivity contribution in [3.8, 4) is 0 Å². The van der Waals surface area contributed by atoms with Gasteiger partial charge in [0.25, 0.3) is 0 Å². The van der Waals surface area contributed by atoms with Gasteiger partial charge in [0.05, 0.1) is 18.2 Å². The monoisotopic (exact) mass is 321 g/mol. The lowest BCUT2D eigenvalue weighted by molar-refractivity contribution is 0.185. The minimum absolute atomic E-state index is 0.0738. The van der Waals surface area contributed by atoms with Gasteiger partial charge in [-0.15, -0.1) is 0 Å². The maximum absolute atomic E-state index is 13.1. The van der Waals surface area contributed by atoms with Crippen molar-refractivity contribution < 1.29 is 9.13 Å². The van der Waals surface area contributed by atoms with Crippen molar-refractivity contribution in [1.29, 1.82) is 0 Å². The number of guanidine groups is 1. The number of nitrogens with zero attached hydrogens (tertiary/aromatic N) is 1. The summed E-state index contributed by atoms with van der Waals surface area (Å²) in [5.74, 6) is -0.182. The first-order valence-electron chi connectivity index (χ1n) is 6.68. The van der Waals surface area contributed by atoms with Crippen molar-refractivity contribution in [1.82, 2.24) is 0 Å². The van der Waals surface area contributed by atoms with Crippen LogP contribution in [0.3, 0.4) is 0 Å². The van der Waals surface area contributed by atoms with Gasteiger partial charge in [-0.05, 0) is 23.8 Å². The standard InChI is InChI=1S/C16H17ClFN3O/c1-22-10-12-4-2-3-5-15(12)21-16(19)20-9-11-6-7-14(18)13(17)8-11/h2-8H,9-10H2,1H3,(H3,19,20,21). The van der Waals surface area contributed by atoms with Gasteiger partial charge >= 0.3 is 0 Å². The minimum atomic E-state index is -0.450. The van der Waals surface area contributed by atoms with Crippen LogP contribution in [0.25, 0.3) is 0 Å². The molecule has 0 heterocycles. The number of nitrogens with two attached hydrogens (primary N) is 1. The Kier molecular flexibility index (Phi) is 5.75. The highest BCUT2D eigenvalue weighted by atomic mass is 35.5. The molecular weight excluding hydrogens is 305 g/mol. The molecule has 0 spiro atoms. The molecule has 0 aliphatic carbocycles. The Labute approximate surface area is 133 Å². The van der Waals surface area contributed by atoms with E-state index in [1.54, 1.807) is 13.2 Å². The fourth-order valence-electron chi connectivity index (χ4n) is 1.92. The molecule has 116 valence electrons. The second kappa shape index (κ2) is 7.77. The van der Waals surface area contributed by atoms with Gasteiger partial charge in [0.1, 0.15) is 5.82 Å². The van der Waals surface area contributed by atoms with Crippen LogP contribution in [-0.4, -0.2) is 13.1 Å². The van der Waals surface area contributed by atoms with Gasteiger partial charge in [0, 0.05) is 18.4 Å². The Bertz CT molecular complexity index is 676. The number of rotatable bonds is 5. The Morgan fingerprint density at radius 1 is 1.32 bits per heavy atom. The topological polar surface area (TPSA) is 59.6 Å². The zero-order chi connectivity index (χ0) is 15.9. The van der Waals surface area contributed by atoms with Crippen molar-refractivity contribution in [2.24, 2.45) is 10.7 Å². The molecule has 0 saturated carbocycles. The summed E-state index contributed by atoms with van der Waals surface area (Å²) in [6, 6.07) is 12.1. The summed E-state index contributed by atoms with van der Waals surface area (Å²) in [6.45, 7) is 0.787. The molecule has 0 aliphatic heterocycles. The van der Waals surface area contributed by atoms with Crippen LogP contribution in [0.4, 0.5) is 10.1 Å². The van der Waals surface area contributed by atoms with Crippen molar-refractivity contribution >= 4 is 23.2 Å². The van der Waals surface area contributed by atoms with E-state index in [0.717, 1.165) is 16.8 Å². The van der Waals surface area contributed by atoms with Gasteiger partial charge in [0.2, 0.25) is 0 Å². The second-order valence-corrected chi connectivity index (χ2v) is 5.07. The van der Waals surface area contributed by atoms with Gasteiger partial charge < -0.3 is 15.8 Å². The van der Waals surface area contributed by atoms with E-state index in [2.05, 4.69) is 10.3 Å². The molecule has 0 aromatic heterocycles. The molecule has 0 aliphatic rings. The molecular formula is C16H17ClFN3O. The first-order chi connectivity index (χ1) is 10.6. The van der Waals surface area contributed by atoms with Crippen LogP contribution in [0.15, 0.2) is 47.5 Å². The number of hydrogen-bond donors (Lipinski definition) is 2. The highest BCUT2D eigenvalue weighted by Crippen LogP contribution is 2.17. The number of benzene rings is 2. The van der Waals surface area contributed by atoms with Crippen LogP contribution in [0.1, 0.15) is 11.1 Å². The molecule has 0 bridgehead atoms. The molecule has 22 heavy (non-hydrogen) atoms.